The van der Waals surface area contributed by atoms with Crippen LogP contribution in [0, 0.1) is 5.41 Å². The van der Waals surface area contributed by atoms with Crippen LogP contribution >= 0.6 is 0 Å². The van der Waals surface area contributed by atoms with Crippen LogP contribution in [0.3, 0.4) is 0 Å². The minimum atomic E-state index is -1.60. The molecule has 1 aromatic rings. The molecule has 1 fully saturated rings. The Hall–Kier alpha value is -2.61. The van der Waals surface area contributed by atoms with Crippen LogP contribution in [0.4, 0.5) is 4.79 Å². The molecule has 0 aliphatic carbocycles. The van der Waals surface area contributed by atoms with Crippen LogP contribution in [0.1, 0.15) is 32.3 Å². The van der Waals surface area contributed by atoms with E-state index >= 15 is 0 Å². The summed E-state index contributed by atoms with van der Waals surface area (Å²) in [5.74, 6) is -1.73. The summed E-state index contributed by atoms with van der Waals surface area (Å²) in [6, 6.07) is 8.60. The predicted octanol–water partition coefficient (Wildman–Crippen LogP) is 1.38. The van der Waals surface area contributed by atoms with Gasteiger partial charge in [-0.1, -0.05) is 44.2 Å². The van der Waals surface area contributed by atoms with Gasteiger partial charge in [0.25, 0.3) is 0 Å². The largest absolute Gasteiger partial charge is 0.479 e. The van der Waals surface area contributed by atoms with E-state index in [9.17, 15) is 19.5 Å². The quantitative estimate of drug-likeness (QED) is 0.660. The molecule has 8 nitrogen and oxygen atoms in total. The van der Waals surface area contributed by atoms with Crippen LogP contribution in [0.15, 0.2) is 30.3 Å². The summed E-state index contributed by atoms with van der Waals surface area (Å²) in [6.45, 7) is 3.62. The Bertz CT molecular complexity index is 676. The first-order valence-corrected chi connectivity index (χ1v) is 8.88. The van der Waals surface area contributed by atoms with Crippen molar-refractivity contribution in [2.75, 3.05) is 13.1 Å². The van der Waals surface area contributed by atoms with Gasteiger partial charge in [0.15, 0.2) is 6.10 Å². The Labute approximate surface area is 158 Å². The third-order valence-electron chi connectivity index (χ3n) is 4.69. The summed E-state index contributed by atoms with van der Waals surface area (Å²) in [4.78, 5) is 37.2. The van der Waals surface area contributed by atoms with E-state index in [2.05, 4.69) is 5.32 Å². The number of aliphatic hydroxyl groups excluding tert-OH is 1. The predicted molar refractivity (Wildman–Crippen MR) is 96.8 cm³/mol. The van der Waals surface area contributed by atoms with Gasteiger partial charge in [-0.2, -0.15) is 0 Å². The maximum absolute atomic E-state index is 12.5. The smallest absolute Gasteiger partial charge is 0.410 e. The minimum absolute atomic E-state index is 0.0251. The molecule has 0 radical (unpaired) electrons. The average Bonchev–Trinajstić information content (AvgIpc) is 3.14. The lowest BCUT2D eigenvalue weighted by Gasteiger charge is -2.29. The number of carboxylic acid groups (broad SMARTS) is 1. The van der Waals surface area contributed by atoms with Gasteiger partial charge in [0.05, 0.1) is 0 Å². The van der Waals surface area contributed by atoms with Crippen molar-refractivity contribution in [2.24, 2.45) is 5.41 Å². The Balaban J connectivity index is 1.89. The molecular weight excluding hydrogens is 352 g/mol. The standard InChI is InChI=1S/C19H26N2O6/c1-19(2,15(22)17(24)25)12-20-16(23)14-9-6-10-21(14)18(26)27-11-13-7-4-3-5-8-13/h3-5,7-8,14-15,22H,6,9-12H2,1-2H3,(H,20,23)(H,24,25)/t14-,15-/m0/s1. The monoisotopic (exact) mass is 378 g/mol. The second-order valence-electron chi connectivity index (χ2n) is 7.34. The van der Waals surface area contributed by atoms with Crippen molar-refractivity contribution in [2.45, 2.75) is 45.4 Å². The third-order valence-corrected chi connectivity index (χ3v) is 4.69. The summed E-state index contributed by atoms with van der Waals surface area (Å²) in [5, 5.41) is 21.3. The number of hydrogen-bond acceptors (Lipinski definition) is 5. The van der Waals surface area contributed by atoms with Crippen molar-refractivity contribution in [3.8, 4) is 0 Å². The van der Waals surface area contributed by atoms with Gasteiger partial charge in [0, 0.05) is 18.5 Å². The number of amides is 2. The number of hydrogen-bond donors (Lipinski definition) is 3. The van der Waals surface area contributed by atoms with Crippen molar-refractivity contribution in [1.29, 1.82) is 0 Å². The molecule has 0 unspecified atom stereocenters. The highest BCUT2D eigenvalue weighted by atomic mass is 16.6. The Kier molecular flexibility index (Phi) is 6.79. The van der Waals surface area contributed by atoms with Gasteiger partial charge in [-0.3, -0.25) is 9.69 Å². The van der Waals surface area contributed by atoms with E-state index in [4.69, 9.17) is 9.84 Å². The number of benzene rings is 1. The molecule has 1 aromatic carbocycles. The number of likely N-dealkylation sites (tertiary alicyclic amines) is 1. The first-order valence-electron chi connectivity index (χ1n) is 8.88. The number of carboxylic acids is 1. The molecule has 1 heterocycles. The van der Waals surface area contributed by atoms with Crippen molar-refractivity contribution in [1.82, 2.24) is 10.2 Å². The molecular formula is C19H26N2O6. The number of ether oxygens (including phenoxy) is 1. The molecule has 2 amide bonds. The summed E-state index contributed by atoms with van der Waals surface area (Å²) in [5.41, 5.74) is -0.186. The van der Waals surface area contributed by atoms with Crippen LogP contribution in [0.5, 0.6) is 0 Å². The van der Waals surface area contributed by atoms with Crippen molar-refractivity contribution < 1.29 is 29.3 Å². The fourth-order valence-electron chi connectivity index (χ4n) is 2.92. The molecule has 148 valence electrons. The fraction of sp³-hybridized carbons (Fsp3) is 0.526. The van der Waals surface area contributed by atoms with Crippen molar-refractivity contribution in [3.63, 3.8) is 0 Å². The van der Waals surface area contributed by atoms with E-state index in [1.54, 1.807) is 13.8 Å². The van der Waals surface area contributed by atoms with E-state index in [-0.39, 0.29) is 19.1 Å². The molecule has 1 saturated heterocycles. The van der Waals surface area contributed by atoms with Gasteiger partial charge in [-0.25, -0.2) is 9.59 Å². The Morgan fingerprint density at radius 1 is 1.30 bits per heavy atom. The van der Waals surface area contributed by atoms with Gasteiger partial charge in [-0.15, -0.1) is 0 Å². The van der Waals surface area contributed by atoms with Crippen LogP contribution in [-0.4, -0.2) is 58.3 Å². The zero-order chi connectivity index (χ0) is 20.0. The number of aliphatic carboxylic acids is 1. The number of aliphatic hydroxyl groups is 1. The number of carbonyl (C=O) groups excluding carboxylic acids is 2. The highest BCUT2D eigenvalue weighted by Crippen LogP contribution is 2.22. The molecule has 1 aliphatic rings. The molecule has 0 aromatic heterocycles. The van der Waals surface area contributed by atoms with Crippen LogP contribution < -0.4 is 5.32 Å². The molecule has 3 N–H and O–H groups in total. The molecule has 8 heteroatoms. The van der Waals surface area contributed by atoms with E-state index in [0.29, 0.717) is 19.4 Å². The summed E-state index contributed by atoms with van der Waals surface area (Å²) in [7, 11) is 0. The second-order valence-corrected chi connectivity index (χ2v) is 7.34. The third kappa shape index (κ3) is 5.43. The lowest BCUT2D eigenvalue weighted by molar-refractivity contribution is -0.153. The zero-order valence-corrected chi connectivity index (χ0v) is 15.6. The number of nitrogens with zero attached hydrogens (tertiary/aromatic N) is 1. The normalized spacial score (nSPS) is 18.0. The van der Waals surface area contributed by atoms with Gasteiger partial charge in [-0.05, 0) is 18.4 Å². The van der Waals surface area contributed by atoms with E-state index < -0.39 is 29.6 Å². The Morgan fingerprint density at radius 3 is 2.59 bits per heavy atom. The molecule has 2 atom stereocenters. The number of nitrogens with one attached hydrogen (secondary N) is 1. The average molecular weight is 378 g/mol. The van der Waals surface area contributed by atoms with Crippen LogP contribution in [0.2, 0.25) is 0 Å². The highest BCUT2D eigenvalue weighted by molar-refractivity contribution is 5.86. The maximum Gasteiger partial charge on any atom is 0.410 e. The van der Waals surface area contributed by atoms with Crippen LogP contribution in [-0.2, 0) is 20.9 Å². The molecule has 1 aliphatic heterocycles. The van der Waals surface area contributed by atoms with E-state index in [1.807, 2.05) is 30.3 Å². The summed E-state index contributed by atoms with van der Waals surface area (Å²) in [6.07, 6.45) is -0.969. The van der Waals surface area contributed by atoms with E-state index in [1.165, 1.54) is 4.90 Å². The van der Waals surface area contributed by atoms with Gasteiger partial charge in [0.2, 0.25) is 5.91 Å². The van der Waals surface area contributed by atoms with Crippen molar-refractivity contribution >= 4 is 18.0 Å². The van der Waals surface area contributed by atoms with Crippen molar-refractivity contribution in [3.05, 3.63) is 35.9 Å². The SMILES string of the molecule is CC(C)(CNC(=O)[C@@H]1CCCN1C(=O)OCc1ccccc1)[C@@H](O)C(=O)O. The van der Waals surface area contributed by atoms with Gasteiger partial charge in [0.1, 0.15) is 12.6 Å². The molecule has 0 spiro atoms. The first kappa shape index (κ1) is 20.7. The van der Waals surface area contributed by atoms with E-state index in [0.717, 1.165) is 5.56 Å². The summed E-state index contributed by atoms with van der Waals surface area (Å²) >= 11 is 0. The van der Waals surface area contributed by atoms with Gasteiger partial charge < -0.3 is 20.3 Å². The molecule has 27 heavy (non-hydrogen) atoms. The molecule has 2 rings (SSSR count). The highest BCUT2D eigenvalue weighted by Gasteiger charge is 2.38. The topological polar surface area (TPSA) is 116 Å². The zero-order valence-electron chi connectivity index (χ0n) is 15.6. The Morgan fingerprint density at radius 2 is 1.96 bits per heavy atom. The lowest BCUT2D eigenvalue weighted by Crippen LogP contribution is -2.50. The minimum Gasteiger partial charge on any atom is -0.479 e. The molecule has 0 bridgehead atoms. The first-order chi connectivity index (χ1) is 12.7. The van der Waals surface area contributed by atoms with Gasteiger partial charge >= 0.3 is 12.1 Å². The lowest BCUT2D eigenvalue weighted by atomic mass is 9.86. The maximum atomic E-state index is 12.5. The second kappa shape index (κ2) is 8.85. The molecule has 0 saturated carbocycles. The number of carbonyl (C=O) groups is 3. The van der Waals surface area contributed by atoms with Crippen LogP contribution in [0.25, 0.3) is 0 Å². The summed E-state index contributed by atoms with van der Waals surface area (Å²) < 4.78 is 5.30. The number of rotatable bonds is 7. The fourth-order valence-corrected chi connectivity index (χ4v) is 2.92.